The molecular formula is C15H24N2O2S. The van der Waals surface area contributed by atoms with Gasteiger partial charge in [-0.1, -0.05) is 25.0 Å². The molecule has 1 aliphatic carbocycles. The van der Waals surface area contributed by atoms with Crippen molar-refractivity contribution in [3.8, 4) is 0 Å². The Morgan fingerprint density at radius 1 is 1.20 bits per heavy atom. The van der Waals surface area contributed by atoms with E-state index >= 15 is 0 Å². The number of sulfonamides is 1. The topological polar surface area (TPSA) is 63.4 Å². The van der Waals surface area contributed by atoms with E-state index in [9.17, 15) is 8.42 Å². The second-order valence-corrected chi connectivity index (χ2v) is 7.77. The predicted octanol–water partition coefficient (Wildman–Crippen LogP) is 2.19. The number of aryl methyl sites for hydroxylation is 2. The van der Waals surface area contributed by atoms with E-state index in [2.05, 4.69) is 0 Å². The third-order valence-corrected chi connectivity index (χ3v) is 6.27. The highest BCUT2D eigenvalue weighted by Gasteiger charge is 2.34. The fourth-order valence-corrected chi connectivity index (χ4v) is 4.65. The van der Waals surface area contributed by atoms with Gasteiger partial charge in [0, 0.05) is 19.1 Å². The first-order valence-corrected chi connectivity index (χ1v) is 8.59. The summed E-state index contributed by atoms with van der Waals surface area (Å²) in [5.41, 5.74) is 7.85. The van der Waals surface area contributed by atoms with Crippen LogP contribution in [0.15, 0.2) is 23.1 Å². The molecule has 2 rings (SSSR count). The first kappa shape index (κ1) is 15.5. The highest BCUT2D eigenvalue weighted by molar-refractivity contribution is 7.89. The number of benzene rings is 1. The minimum Gasteiger partial charge on any atom is -0.326 e. The van der Waals surface area contributed by atoms with Crippen LogP contribution < -0.4 is 5.73 Å². The lowest BCUT2D eigenvalue weighted by Gasteiger charge is -2.35. The Bertz CT molecular complexity index is 584. The van der Waals surface area contributed by atoms with Gasteiger partial charge < -0.3 is 5.73 Å². The van der Waals surface area contributed by atoms with Crippen molar-refractivity contribution in [3.05, 3.63) is 29.3 Å². The summed E-state index contributed by atoms with van der Waals surface area (Å²) in [6, 6.07) is 5.38. The van der Waals surface area contributed by atoms with Crippen LogP contribution in [0.4, 0.5) is 0 Å². The maximum absolute atomic E-state index is 12.8. The Hall–Kier alpha value is -0.910. The summed E-state index contributed by atoms with van der Waals surface area (Å²) in [5.74, 6) is 0. The molecule has 0 heterocycles. The smallest absolute Gasteiger partial charge is 0.243 e. The van der Waals surface area contributed by atoms with Gasteiger partial charge in [-0.25, -0.2) is 8.42 Å². The zero-order chi connectivity index (χ0) is 14.9. The molecule has 1 saturated carbocycles. The van der Waals surface area contributed by atoms with Gasteiger partial charge in [-0.2, -0.15) is 4.31 Å². The number of nitrogens with zero attached hydrogens (tertiary/aromatic N) is 1. The Kier molecular flexibility index (Phi) is 4.52. The lowest BCUT2D eigenvalue weighted by atomic mass is 9.91. The van der Waals surface area contributed by atoms with Crippen molar-refractivity contribution in [2.45, 2.75) is 56.5 Å². The van der Waals surface area contributed by atoms with Gasteiger partial charge >= 0.3 is 0 Å². The highest BCUT2D eigenvalue weighted by Crippen LogP contribution is 2.27. The van der Waals surface area contributed by atoms with Crippen molar-refractivity contribution in [1.29, 1.82) is 0 Å². The fourth-order valence-electron chi connectivity index (χ4n) is 2.91. The van der Waals surface area contributed by atoms with Gasteiger partial charge in [0.15, 0.2) is 0 Å². The molecule has 1 fully saturated rings. The maximum Gasteiger partial charge on any atom is 0.243 e. The molecule has 5 heteroatoms. The van der Waals surface area contributed by atoms with Crippen LogP contribution >= 0.6 is 0 Å². The van der Waals surface area contributed by atoms with E-state index in [0.717, 1.165) is 36.8 Å². The van der Waals surface area contributed by atoms with E-state index in [1.54, 1.807) is 13.1 Å². The van der Waals surface area contributed by atoms with Crippen molar-refractivity contribution in [2.24, 2.45) is 5.73 Å². The molecule has 20 heavy (non-hydrogen) atoms. The van der Waals surface area contributed by atoms with Crippen LogP contribution in [0.2, 0.25) is 0 Å². The van der Waals surface area contributed by atoms with E-state index in [1.807, 2.05) is 26.0 Å². The third-order valence-electron chi connectivity index (χ3n) is 4.25. The normalized spacial score (nSPS) is 24.1. The summed E-state index contributed by atoms with van der Waals surface area (Å²) in [4.78, 5) is 0.401. The molecule has 2 unspecified atom stereocenters. The monoisotopic (exact) mass is 296 g/mol. The number of hydrogen-bond acceptors (Lipinski definition) is 3. The van der Waals surface area contributed by atoms with Crippen molar-refractivity contribution in [2.75, 3.05) is 7.05 Å². The molecule has 0 radical (unpaired) electrons. The summed E-state index contributed by atoms with van der Waals surface area (Å²) >= 11 is 0. The standard InChI is InChI=1S/C15H24N2O2S/c1-11-8-9-12(2)15(10-11)20(18,19)17(3)14-7-5-4-6-13(14)16/h8-10,13-14H,4-7,16H2,1-3H3. The van der Waals surface area contributed by atoms with E-state index < -0.39 is 10.0 Å². The minimum atomic E-state index is -3.47. The van der Waals surface area contributed by atoms with Crippen LogP contribution in [0.3, 0.4) is 0 Å². The van der Waals surface area contributed by atoms with Crippen molar-refractivity contribution in [3.63, 3.8) is 0 Å². The van der Waals surface area contributed by atoms with Gasteiger partial charge in [0.1, 0.15) is 0 Å². The Morgan fingerprint density at radius 2 is 1.85 bits per heavy atom. The van der Waals surface area contributed by atoms with Crippen molar-refractivity contribution in [1.82, 2.24) is 4.31 Å². The fraction of sp³-hybridized carbons (Fsp3) is 0.600. The second-order valence-electron chi connectivity index (χ2n) is 5.81. The zero-order valence-electron chi connectivity index (χ0n) is 12.5. The number of likely N-dealkylation sites (N-methyl/N-ethyl adjacent to an activating group) is 1. The van der Waals surface area contributed by atoms with Crippen LogP contribution in [0, 0.1) is 13.8 Å². The number of hydrogen-bond donors (Lipinski definition) is 1. The van der Waals surface area contributed by atoms with E-state index in [1.165, 1.54) is 4.31 Å². The molecule has 2 N–H and O–H groups in total. The van der Waals surface area contributed by atoms with Crippen LogP contribution in [-0.2, 0) is 10.0 Å². The van der Waals surface area contributed by atoms with Gasteiger partial charge in [-0.15, -0.1) is 0 Å². The molecule has 0 bridgehead atoms. The molecule has 4 nitrogen and oxygen atoms in total. The molecule has 0 spiro atoms. The Morgan fingerprint density at radius 3 is 2.50 bits per heavy atom. The molecule has 0 aromatic heterocycles. The maximum atomic E-state index is 12.8. The zero-order valence-corrected chi connectivity index (χ0v) is 13.3. The molecular weight excluding hydrogens is 272 g/mol. The van der Waals surface area contributed by atoms with Crippen molar-refractivity contribution >= 4 is 10.0 Å². The Balaban J connectivity index is 2.36. The van der Waals surface area contributed by atoms with E-state index in [-0.39, 0.29) is 12.1 Å². The average Bonchev–Trinajstić information content (AvgIpc) is 2.41. The summed E-state index contributed by atoms with van der Waals surface area (Å²) in [7, 11) is -1.81. The van der Waals surface area contributed by atoms with E-state index in [0.29, 0.717) is 4.90 Å². The summed E-state index contributed by atoms with van der Waals surface area (Å²) in [6.07, 6.45) is 3.89. The van der Waals surface area contributed by atoms with E-state index in [4.69, 9.17) is 5.73 Å². The van der Waals surface area contributed by atoms with Crippen LogP contribution in [0.5, 0.6) is 0 Å². The van der Waals surface area contributed by atoms with Gasteiger partial charge in [0.2, 0.25) is 10.0 Å². The van der Waals surface area contributed by atoms with Crippen LogP contribution in [0.25, 0.3) is 0 Å². The summed E-state index contributed by atoms with van der Waals surface area (Å²) in [5, 5.41) is 0. The highest BCUT2D eigenvalue weighted by atomic mass is 32.2. The van der Waals surface area contributed by atoms with Gasteiger partial charge in [0.25, 0.3) is 0 Å². The first-order valence-electron chi connectivity index (χ1n) is 7.15. The lowest BCUT2D eigenvalue weighted by molar-refractivity contribution is 0.252. The largest absolute Gasteiger partial charge is 0.326 e. The van der Waals surface area contributed by atoms with Gasteiger partial charge in [0.05, 0.1) is 4.90 Å². The molecule has 1 aromatic rings. The molecule has 112 valence electrons. The molecule has 1 aromatic carbocycles. The van der Waals surface area contributed by atoms with Crippen molar-refractivity contribution < 1.29 is 8.42 Å². The van der Waals surface area contributed by atoms with Crippen LogP contribution in [0.1, 0.15) is 36.8 Å². The average molecular weight is 296 g/mol. The molecule has 0 saturated heterocycles. The van der Waals surface area contributed by atoms with Gasteiger partial charge in [-0.05, 0) is 43.9 Å². The minimum absolute atomic E-state index is 0.0614. The SMILES string of the molecule is Cc1ccc(C)c(S(=O)(=O)N(C)C2CCCCC2N)c1. The molecule has 2 atom stereocenters. The first-order chi connectivity index (χ1) is 9.34. The molecule has 0 amide bonds. The quantitative estimate of drug-likeness (QED) is 0.930. The predicted molar refractivity (Wildman–Crippen MR) is 81.1 cm³/mol. The van der Waals surface area contributed by atoms with Crippen LogP contribution in [-0.4, -0.2) is 31.9 Å². The van der Waals surface area contributed by atoms with Gasteiger partial charge in [-0.3, -0.25) is 0 Å². The lowest BCUT2D eigenvalue weighted by Crippen LogP contribution is -2.50. The second kappa shape index (κ2) is 5.84. The summed E-state index contributed by atoms with van der Waals surface area (Å²) < 4.78 is 27.1. The third kappa shape index (κ3) is 2.90. The molecule has 0 aliphatic heterocycles. The number of rotatable bonds is 3. The molecule has 1 aliphatic rings. The Labute approximate surface area is 122 Å². The summed E-state index contributed by atoms with van der Waals surface area (Å²) in [6.45, 7) is 3.74. The number of nitrogens with two attached hydrogens (primary N) is 1.